The molecule has 0 aliphatic carbocycles. The molecule has 0 amide bonds. The van der Waals surface area contributed by atoms with Gasteiger partial charge in [-0.05, 0) is 35.9 Å². The number of fused-ring (bicyclic) bond motifs is 1. The number of hydrogen-bond acceptors (Lipinski definition) is 7. The minimum Gasteiger partial charge on any atom is -0.405 e. The molecule has 1 saturated heterocycles. The fourth-order valence-electron chi connectivity index (χ4n) is 4.11. The fourth-order valence-corrected chi connectivity index (χ4v) is 5.41. The van der Waals surface area contributed by atoms with Gasteiger partial charge in [-0.25, -0.2) is 13.4 Å². The summed E-state index contributed by atoms with van der Waals surface area (Å²) >= 11 is 6.06. The van der Waals surface area contributed by atoms with Crippen LogP contribution in [-0.4, -0.2) is 61.2 Å². The van der Waals surface area contributed by atoms with Crippen molar-refractivity contribution in [1.82, 2.24) is 19.8 Å². The molecule has 0 spiro atoms. The van der Waals surface area contributed by atoms with Gasteiger partial charge in [0.2, 0.25) is 0 Å². The number of piperazine rings is 1. The Labute approximate surface area is 210 Å². The predicted octanol–water partition coefficient (Wildman–Crippen LogP) is 3.20. The summed E-state index contributed by atoms with van der Waals surface area (Å²) in [5, 5.41) is 3.38. The standard InChI is InChI=1S/C23H24ClF3N4O4S/c1-2-36(33,34)21-4-3-17(24)9-16(21)13-31-14-29-19-10-15(12-30-7-5-28-6-8-30)20(35-23(25,26)27)11-18(19)22(31)32/h3-4,9-11,14,28H,2,5-8,12-13H2,1H3. The van der Waals surface area contributed by atoms with Crippen molar-refractivity contribution < 1.29 is 26.3 Å². The first-order valence-electron chi connectivity index (χ1n) is 11.2. The molecule has 1 N–H and O–H groups in total. The molecule has 0 unspecified atom stereocenters. The summed E-state index contributed by atoms with van der Waals surface area (Å²) in [7, 11) is -3.62. The minimum atomic E-state index is -4.95. The summed E-state index contributed by atoms with van der Waals surface area (Å²) in [6.07, 6.45) is -3.70. The molecule has 0 radical (unpaired) electrons. The summed E-state index contributed by atoms with van der Waals surface area (Å²) in [5.41, 5.74) is 0.108. The molecule has 13 heteroatoms. The Morgan fingerprint density at radius 3 is 2.50 bits per heavy atom. The van der Waals surface area contributed by atoms with Crippen molar-refractivity contribution in [3.8, 4) is 5.75 Å². The van der Waals surface area contributed by atoms with E-state index in [1.165, 1.54) is 37.5 Å². The van der Waals surface area contributed by atoms with Gasteiger partial charge in [-0.3, -0.25) is 14.3 Å². The fraction of sp³-hybridized carbons (Fsp3) is 0.391. The number of halogens is 4. The van der Waals surface area contributed by atoms with Crippen LogP contribution in [-0.2, 0) is 22.9 Å². The number of ether oxygens (including phenoxy) is 1. The maximum Gasteiger partial charge on any atom is 0.573 e. The Morgan fingerprint density at radius 2 is 1.83 bits per heavy atom. The molecule has 1 aliphatic heterocycles. The molecule has 1 aliphatic rings. The third-order valence-electron chi connectivity index (χ3n) is 5.91. The van der Waals surface area contributed by atoms with Gasteiger partial charge >= 0.3 is 6.36 Å². The number of aromatic nitrogens is 2. The lowest BCUT2D eigenvalue weighted by Crippen LogP contribution is -2.43. The third-order valence-corrected chi connectivity index (χ3v) is 7.98. The van der Waals surface area contributed by atoms with Crippen molar-refractivity contribution in [3.05, 3.63) is 63.2 Å². The number of rotatable bonds is 7. The number of alkyl halides is 3. The van der Waals surface area contributed by atoms with Crippen molar-refractivity contribution in [2.75, 3.05) is 31.9 Å². The normalized spacial score (nSPS) is 15.4. The molecule has 2 heterocycles. The van der Waals surface area contributed by atoms with Gasteiger partial charge in [0.1, 0.15) is 5.75 Å². The molecular weight excluding hydrogens is 521 g/mol. The zero-order chi connectivity index (χ0) is 26.1. The molecule has 1 fully saturated rings. The lowest BCUT2D eigenvalue weighted by atomic mass is 10.1. The van der Waals surface area contributed by atoms with Gasteiger partial charge in [-0.1, -0.05) is 18.5 Å². The number of benzene rings is 2. The molecule has 1 aromatic heterocycles. The van der Waals surface area contributed by atoms with Crippen molar-refractivity contribution in [1.29, 1.82) is 0 Å². The van der Waals surface area contributed by atoms with Crippen LogP contribution in [0.4, 0.5) is 13.2 Å². The van der Waals surface area contributed by atoms with Gasteiger partial charge in [0.25, 0.3) is 5.56 Å². The van der Waals surface area contributed by atoms with E-state index in [0.29, 0.717) is 26.2 Å². The second kappa shape index (κ2) is 10.4. The highest BCUT2D eigenvalue weighted by atomic mass is 35.5. The lowest BCUT2D eigenvalue weighted by Gasteiger charge is -2.28. The zero-order valence-corrected chi connectivity index (χ0v) is 20.9. The van der Waals surface area contributed by atoms with Crippen molar-refractivity contribution in [2.24, 2.45) is 0 Å². The second-order valence-electron chi connectivity index (χ2n) is 8.38. The quantitative estimate of drug-likeness (QED) is 0.488. The van der Waals surface area contributed by atoms with E-state index in [0.717, 1.165) is 10.6 Å². The minimum absolute atomic E-state index is 0.0221. The van der Waals surface area contributed by atoms with E-state index in [2.05, 4.69) is 15.0 Å². The van der Waals surface area contributed by atoms with Crippen LogP contribution in [0.5, 0.6) is 5.75 Å². The van der Waals surface area contributed by atoms with Crippen molar-refractivity contribution in [2.45, 2.75) is 31.3 Å². The second-order valence-corrected chi connectivity index (χ2v) is 11.1. The Kier molecular flexibility index (Phi) is 7.60. The summed E-state index contributed by atoms with van der Waals surface area (Å²) in [5.74, 6) is -0.622. The average molecular weight is 545 g/mol. The number of sulfone groups is 1. The molecule has 0 atom stereocenters. The van der Waals surface area contributed by atoms with E-state index in [-0.39, 0.29) is 50.8 Å². The highest BCUT2D eigenvalue weighted by Gasteiger charge is 2.33. The monoisotopic (exact) mass is 544 g/mol. The van der Waals surface area contributed by atoms with Crippen LogP contribution in [0.2, 0.25) is 5.02 Å². The first kappa shape index (κ1) is 26.4. The summed E-state index contributed by atoms with van der Waals surface area (Å²) in [6.45, 7) is 4.25. The Bertz CT molecular complexity index is 1440. The number of nitrogens with zero attached hydrogens (tertiary/aromatic N) is 3. The zero-order valence-electron chi connectivity index (χ0n) is 19.3. The van der Waals surface area contributed by atoms with Gasteiger partial charge in [-0.2, -0.15) is 0 Å². The van der Waals surface area contributed by atoms with E-state index >= 15 is 0 Å². The molecule has 8 nitrogen and oxygen atoms in total. The van der Waals surface area contributed by atoms with Crippen LogP contribution >= 0.6 is 11.6 Å². The first-order chi connectivity index (χ1) is 17.0. The molecule has 194 valence electrons. The van der Waals surface area contributed by atoms with E-state index in [4.69, 9.17) is 11.6 Å². The largest absolute Gasteiger partial charge is 0.573 e. The van der Waals surface area contributed by atoms with Gasteiger partial charge in [0.15, 0.2) is 9.84 Å². The van der Waals surface area contributed by atoms with E-state index in [9.17, 15) is 26.4 Å². The van der Waals surface area contributed by atoms with Crippen LogP contribution in [0.15, 0.2) is 46.3 Å². The van der Waals surface area contributed by atoms with E-state index in [1.807, 2.05) is 4.90 Å². The Morgan fingerprint density at radius 1 is 1.11 bits per heavy atom. The molecular formula is C23H24ClF3N4O4S. The molecule has 0 bridgehead atoms. The van der Waals surface area contributed by atoms with Crippen LogP contribution in [0.1, 0.15) is 18.1 Å². The van der Waals surface area contributed by atoms with Gasteiger partial charge in [0.05, 0.1) is 34.4 Å². The van der Waals surface area contributed by atoms with Gasteiger partial charge in [-0.15, -0.1) is 13.2 Å². The predicted molar refractivity (Wildman–Crippen MR) is 129 cm³/mol. The third kappa shape index (κ3) is 6.00. The van der Waals surface area contributed by atoms with Gasteiger partial charge in [0, 0.05) is 43.3 Å². The molecule has 4 rings (SSSR count). The molecule has 2 aromatic carbocycles. The van der Waals surface area contributed by atoms with Crippen molar-refractivity contribution in [3.63, 3.8) is 0 Å². The highest BCUT2D eigenvalue weighted by Crippen LogP contribution is 2.30. The topological polar surface area (TPSA) is 93.5 Å². The van der Waals surface area contributed by atoms with E-state index in [1.54, 1.807) is 0 Å². The van der Waals surface area contributed by atoms with Crippen LogP contribution < -0.4 is 15.6 Å². The summed E-state index contributed by atoms with van der Waals surface area (Å²) < 4.78 is 70.0. The van der Waals surface area contributed by atoms with Crippen LogP contribution in [0.25, 0.3) is 10.9 Å². The van der Waals surface area contributed by atoms with Crippen LogP contribution in [0, 0.1) is 0 Å². The van der Waals surface area contributed by atoms with Crippen molar-refractivity contribution >= 4 is 32.3 Å². The SMILES string of the molecule is CCS(=O)(=O)c1ccc(Cl)cc1Cn1cnc2cc(CN3CCNCC3)c(OC(F)(F)F)cc2c1=O. The Balaban J connectivity index is 1.78. The summed E-state index contributed by atoms with van der Waals surface area (Å²) in [4.78, 5) is 19.5. The highest BCUT2D eigenvalue weighted by molar-refractivity contribution is 7.91. The smallest absolute Gasteiger partial charge is 0.405 e. The molecule has 36 heavy (non-hydrogen) atoms. The first-order valence-corrected chi connectivity index (χ1v) is 13.2. The average Bonchev–Trinajstić information content (AvgIpc) is 2.81. The van der Waals surface area contributed by atoms with Gasteiger partial charge < -0.3 is 10.1 Å². The number of hydrogen-bond donors (Lipinski definition) is 1. The maximum atomic E-state index is 13.3. The summed E-state index contributed by atoms with van der Waals surface area (Å²) in [6, 6.07) is 6.73. The molecule has 3 aromatic rings. The number of nitrogens with one attached hydrogen (secondary N) is 1. The van der Waals surface area contributed by atoms with Crippen LogP contribution in [0.3, 0.4) is 0 Å². The lowest BCUT2D eigenvalue weighted by molar-refractivity contribution is -0.274. The van der Waals surface area contributed by atoms with E-state index < -0.39 is 27.5 Å². The maximum absolute atomic E-state index is 13.3. The Hall–Kier alpha value is -2.67. The molecule has 0 saturated carbocycles.